The normalized spacial score (nSPS) is 13.0. The van der Waals surface area contributed by atoms with Gasteiger partial charge in [-0.05, 0) is 36.6 Å². The predicted molar refractivity (Wildman–Crippen MR) is 101 cm³/mol. The van der Waals surface area contributed by atoms with Gasteiger partial charge >= 0.3 is 0 Å². The summed E-state index contributed by atoms with van der Waals surface area (Å²) >= 11 is 5.97. The average Bonchev–Trinajstić information content (AvgIpc) is 3.16. The first-order valence-corrected chi connectivity index (χ1v) is 11.2. The fraction of sp³-hybridized carbons (Fsp3) is 0.267. The van der Waals surface area contributed by atoms with Crippen LogP contribution in [0.3, 0.4) is 0 Å². The van der Waals surface area contributed by atoms with Crippen LogP contribution in [0.2, 0.25) is 0 Å². The summed E-state index contributed by atoms with van der Waals surface area (Å²) in [4.78, 5) is 0.455. The standard InChI is InChI=1S/C15H15BrN2O3S3/c1-2-21-8-7-18-12-6-5-11(16)10-13(12)23-15(18)17-24(19,20)14-4-3-9-22-14/h3-6,9-10H,2,7-8H2,1H3/b17-15-. The molecule has 0 bridgehead atoms. The first-order valence-electron chi connectivity index (χ1n) is 7.22. The molecule has 0 aliphatic carbocycles. The second-order valence-electron chi connectivity index (χ2n) is 4.84. The molecule has 0 N–H and O–H groups in total. The summed E-state index contributed by atoms with van der Waals surface area (Å²) in [5.74, 6) is 0. The van der Waals surface area contributed by atoms with E-state index >= 15 is 0 Å². The number of benzene rings is 1. The average molecular weight is 447 g/mol. The lowest BCUT2D eigenvalue weighted by Crippen LogP contribution is -2.19. The number of halogens is 1. The summed E-state index contributed by atoms with van der Waals surface area (Å²) < 4.78 is 38.5. The number of nitrogens with zero attached hydrogens (tertiary/aromatic N) is 2. The van der Waals surface area contributed by atoms with E-state index in [2.05, 4.69) is 20.3 Å². The van der Waals surface area contributed by atoms with E-state index in [0.29, 0.717) is 24.6 Å². The summed E-state index contributed by atoms with van der Waals surface area (Å²) in [6, 6.07) is 9.13. The third-order valence-corrected chi connectivity index (χ3v) is 7.55. The van der Waals surface area contributed by atoms with Crippen LogP contribution >= 0.6 is 38.6 Å². The van der Waals surface area contributed by atoms with Crippen LogP contribution in [-0.4, -0.2) is 26.2 Å². The van der Waals surface area contributed by atoms with E-state index in [-0.39, 0.29) is 4.21 Å². The minimum Gasteiger partial charge on any atom is -0.380 e. The fourth-order valence-electron chi connectivity index (χ4n) is 2.19. The van der Waals surface area contributed by atoms with Crippen molar-refractivity contribution in [2.75, 3.05) is 13.2 Å². The maximum atomic E-state index is 12.5. The van der Waals surface area contributed by atoms with Crippen LogP contribution in [0.4, 0.5) is 0 Å². The van der Waals surface area contributed by atoms with Crippen LogP contribution in [0.15, 0.2) is 48.8 Å². The van der Waals surface area contributed by atoms with Crippen molar-refractivity contribution in [2.45, 2.75) is 17.7 Å². The molecular weight excluding hydrogens is 432 g/mol. The van der Waals surface area contributed by atoms with E-state index in [1.165, 1.54) is 22.7 Å². The maximum Gasteiger partial charge on any atom is 0.294 e. The molecule has 1 aromatic carbocycles. The molecule has 5 nitrogen and oxygen atoms in total. The van der Waals surface area contributed by atoms with E-state index in [1.807, 2.05) is 29.7 Å². The molecule has 0 atom stereocenters. The Morgan fingerprint density at radius 3 is 2.88 bits per heavy atom. The van der Waals surface area contributed by atoms with Crippen LogP contribution in [0, 0.1) is 0 Å². The second kappa shape index (κ2) is 7.49. The lowest BCUT2D eigenvalue weighted by Gasteiger charge is -2.05. The Hall–Kier alpha value is -1.00. The summed E-state index contributed by atoms with van der Waals surface area (Å²) in [5, 5.41) is 1.73. The molecule has 3 aromatic rings. The zero-order valence-electron chi connectivity index (χ0n) is 12.8. The Morgan fingerprint density at radius 2 is 2.17 bits per heavy atom. The first-order chi connectivity index (χ1) is 11.5. The Balaban J connectivity index is 2.15. The highest BCUT2D eigenvalue weighted by atomic mass is 79.9. The Kier molecular flexibility index (Phi) is 5.56. The van der Waals surface area contributed by atoms with Gasteiger partial charge in [-0.3, -0.25) is 0 Å². The number of sulfonamides is 1. The van der Waals surface area contributed by atoms with Gasteiger partial charge in [0.05, 0.1) is 16.8 Å². The number of fused-ring (bicyclic) bond motifs is 1. The van der Waals surface area contributed by atoms with Gasteiger partial charge in [0.25, 0.3) is 10.0 Å². The molecule has 3 rings (SSSR count). The van der Waals surface area contributed by atoms with E-state index in [9.17, 15) is 8.42 Å². The number of hydrogen-bond acceptors (Lipinski definition) is 5. The molecule has 0 radical (unpaired) electrons. The molecular formula is C15H15BrN2O3S3. The third-order valence-electron chi connectivity index (χ3n) is 3.26. The molecule has 2 aromatic heterocycles. The third kappa shape index (κ3) is 3.80. The molecule has 0 aliphatic rings. The minimum absolute atomic E-state index is 0.248. The molecule has 2 heterocycles. The van der Waals surface area contributed by atoms with Gasteiger partial charge in [0.2, 0.25) is 4.80 Å². The van der Waals surface area contributed by atoms with Crippen LogP contribution in [-0.2, 0) is 21.3 Å². The highest BCUT2D eigenvalue weighted by Crippen LogP contribution is 2.23. The summed E-state index contributed by atoms with van der Waals surface area (Å²) in [6.07, 6.45) is 0. The van der Waals surface area contributed by atoms with Crippen molar-refractivity contribution in [3.63, 3.8) is 0 Å². The number of ether oxygens (including phenoxy) is 1. The molecule has 0 amide bonds. The van der Waals surface area contributed by atoms with Crippen molar-refractivity contribution >= 4 is 58.8 Å². The molecule has 128 valence electrons. The maximum absolute atomic E-state index is 12.5. The van der Waals surface area contributed by atoms with Gasteiger partial charge in [0.15, 0.2) is 0 Å². The van der Waals surface area contributed by atoms with Crippen molar-refractivity contribution in [1.82, 2.24) is 4.57 Å². The highest BCUT2D eigenvalue weighted by molar-refractivity contribution is 9.10. The van der Waals surface area contributed by atoms with Crippen LogP contribution in [0.1, 0.15) is 6.92 Å². The lowest BCUT2D eigenvalue weighted by atomic mass is 10.3. The van der Waals surface area contributed by atoms with Crippen molar-refractivity contribution < 1.29 is 13.2 Å². The molecule has 0 saturated heterocycles. The van der Waals surface area contributed by atoms with E-state index < -0.39 is 10.0 Å². The molecule has 0 saturated carbocycles. The fourth-order valence-corrected chi connectivity index (χ4v) is 5.97. The van der Waals surface area contributed by atoms with Crippen molar-refractivity contribution in [3.8, 4) is 0 Å². The number of thiazole rings is 1. The zero-order valence-corrected chi connectivity index (χ0v) is 16.8. The smallest absolute Gasteiger partial charge is 0.294 e. The SMILES string of the molecule is CCOCCn1/c(=N/S(=O)(=O)c2cccs2)sc2cc(Br)ccc21. The van der Waals surface area contributed by atoms with Crippen molar-refractivity contribution in [2.24, 2.45) is 4.40 Å². The van der Waals surface area contributed by atoms with Gasteiger partial charge in [-0.25, -0.2) is 0 Å². The molecule has 0 spiro atoms. The number of thiophene rings is 1. The first kappa shape index (κ1) is 17.8. The number of rotatable bonds is 6. The summed E-state index contributed by atoms with van der Waals surface area (Å²) in [6.45, 7) is 3.60. The molecule has 9 heteroatoms. The predicted octanol–water partition coefficient (Wildman–Crippen LogP) is 3.85. The van der Waals surface area contributed by atoms with Gasteiger partial charge in [-0.2, -0.15) is 8.42 Å². The zero-order chi connectivity index (χ0) is 17.2. The monoisotopic (exact) mass is 446 g/mol. The summed E-state index contributed by atoms with van der Waals surface area (Å²) in [7, 11) is -3.70. The Bertz CT molecular complexity index is 1000. The van der Waals surface area contributed by atoms with Crippen molar-refractivity contribution in [1.29, 1.82) is 0 Å². The highest BCUT2D eigenvalue weighted by Gasteiger charge is 2.15. The largest absolute Gasteiger partial charge is 0.380 e. The van der Waals surface area contributed by atoms with Gasteiger partial charge in [-0.15, -0.1) is 15.7 Å². The van der Waals surface area contributed by atoms with E-state index in [0.717, 1.165) is 14.7 Å². The van der Waals surface area contributed by atoms with Gasteiger partial charge in [-0.1, -0.05) is 33.3 Å². The van der Waals surface area contributed by atoms with Crippen LogP contribution < -0.4 is 4.80 Å². The number of aromatic nitrogens is 1. The van der Waals surface area contributed by atoms with Gasteiger partial charge in [0, 0.05) is 17.6 Å². The topological polar surface area (TPSA) is 60.7 Å². The Labute approximate surface area is 156 Å². The molecule has 0 aliphatic heterocycles. The number of hydrogen-bond donors (Lipinski definition) is 0. The second-order valence-corrected chi connectivity index (χ2v) is 9.55. The Morgan fingerprint density at radius 1 is 1.33 bits per heavy atom. The van der Waals surface area contributed by atoms with E-state index in [4.69, 9.17) is 4.74 Å². The van der Waals surface area contributed by atoms with Crippen LogP contribution in [0.25, 0.3) is 10.2 Å². The summed E-state index contributed by atoms with van der Waals surface area (Å²) in [5.41, 5.74) is 0.947. The molecule has 0 fully saturated rings. The van der Waals surface area contributed by atoms with Gasteiger partial charge in [0.1, 0.15) is 4.21 Å². The quantitative estimate of drug-likeness (QED) is 0.540. The van der Waals surface area contributed by atoms with Gasteiger partial charge < -0.3 is 9.30 Å². The molecule has 24 heavy (non-hydrogen) atoms. The molecule has 0 unspecified atom stereocenters. The lowest BCUT2D eigenvalue weighted by molar-refractivity contribution is 0.139. The van der Waals surface area contributed by atoms with Crippen molar-refractivity contribution in [3.05, 3.63) is 45.0 Å². The van der Waals surface area contributed by atoms with Crippen LogP contribution in [0.5, 0.6) is 0 Å². The van der Waals surface area contributed by atoms with E-state index in [1.54, 1.807) is 17.5 Å². The minimum atomic E-state index is -3.70.